The van der Waals surface area contributed by atoms with Gasteiger partial charge in [0.2, 0.25) is 0 Å². The second kappa shape index (κ2) is 7.75. The van der Waals surface area contributed by atoms with Gasteiger partial charge in [0.25, 0.3) is 5.91 Å². The SMILES string of the molecule is CCN(CC)c1cc(C)c2cc(NC(=O)c3ccc(Cl)cc3)ccc2n1. The molecule has 3 aromatic rings. The maximum Gasteiger partial charge on any atom is 0.255 e. The van der Waals surface area contributed by atoms with E-state index in [0.29, 0.717) is 10.6 Å². The summed E-state index contributed by atoms with van der Waals surface area (Å²) >= 11 is 5.87. The van der Waals surface area contributed by atoms with E-state index in [4.69, 9.17) is 16.6 Å². The van der Waals surface area contributed by atoms with E-state index in [1.54, 1.807) is 24.3 Å². The monoisotopic (exact) mass is 367 g/mol. The van der Waals surface area contributed by atoms with Gasteiger partial charge < -0.3 is 10.2 Å². The van der Waals surface area contributed by atoms with E-state index in [9.17, 15) is 4.79 Å². The van der Waals surface area contributed by atoms with Crippen LogP contribution in [0.15, 0.2) is 48.5 Å². The molecule has 0 aliphatic carbocycles. The fourth-order valence-electron chi connectivity index (χ4n) is 2.97. The van der Waals surface area contributed by atoms with Gasteiger partial charge >= 0.3 is 0 Å². The van der Waals surface area contributed by atoms with Crippen LogP contribution >= 0.6 is 11.6 Å². The van der Waals surface area contributed by atoms with Crippen LogP contribution in [-0.4, -0.2) is 24.0 Å². The molecular weight excluding hydrogens is 346 g/mol. The van der Waals surface area contributed by atoms with E-state index in [2.05, 4.69) is 37.1 Å². The van der Waals surface area contributed by atoms with Gasteiger partial charge in [0.1, 0.15) is 5.82 Å². The molecule has 26 heavy (non-hydrogen) atoms. The Balaban J connectivity index is 1.89. The summed E-state index contributed by atoms with van der Waals surface area (Å²) in [6.45, 7) is 8.16. The van der Waals surface area contributed by atoms with Gasteiger partial charge in [-0.15, -0.1) is 0 Å². The first-order valence-corrected chi connectivity index (χ1v) is 9.13. The molecule has 0 fully saturated rings. The number of aromatic nitrogens is 1. The Morgan fingerprint density at radius 2 is 1.77 bits per heavy atom. The highest BCUT2D eigenvalue weighted by Crippen LogP contribution is 2.25. The van der Waals surface area contributed by atoms with Gasteiger partial charge in [-0.05, 0) is 74.9 Å². The van der Waals surface area contributed by atoms with Crippen LogP contribution in [0.5, 0.6) is 0 Å². The average Bonchev–Trinajstić information content (AvgIpc) is 2.64. The molecule has 134 valence electrons. The zero-order valence-electron chi connectivity index (χ0n) is 15.2. The molecule has 1 amide bonds. The van der Waals surface area contributed by atoms with Crippen molar-refractivity contribution in [2.75, 3.05) is 23.3 Å². The van der Waals surface area contributed by atoms with Crippen LogP contribution in [-0.2, 0) is 0 Å². The van der Waals surface area contributed by atoms with Crippen LogP contribution in [0.25, 0.3) is 10.9 Å². The second-order valence-corrected chi connectivity index (χ2v) is 6.60. The molecule has 0 atom stereocenters. The number of nitrogens with one attached hydrogen (secondary N) is 1. The summed E-state index contributed by atoms with van der Waals surface area (Å²) in [6.07, 6.45) is 0. The van der Waals surface area contributed by atoms with Gasteiger partial charge in [-0.2, -0.15) is 0 Å². The number of carbonyl (C=O) groups is 1. The molecule has 0 radical (unpaired) electrons. The summed E-state index contributed by atoms with van der Waals surface area (Å²) < 4.78 is 0. The maximum atomic E-state index is 12.4. The highest BCUT2D eigenvalue weighted by molar-refractivity contribution is 6.30. The predicted octanol–water partition coefficient (Wildman–Crippen LogP) is 5.30. The lowest BCUT2D eigenvalue weighted by Crippen LogP contribution is -2.23. The minimum Gasteiger partial charge on any atom is -0.357 e. The van der Waals surface area contributed by atoms with Crippen molar-refractivity contribution in [3.63, 3.8) is 0 Å². The van der Waals surface area contributed by atoms with Crippen molar-refractivity contribution in [1.82, 2.24) is 4.98 Å². The molecule has 0 saturated carbocycles. The van der Waals surface area contributed by atoms with Crippen LogP contribution in [0.3, 0.4) is 0 Å². The van der Waals surface area contributed by atoms with Crippen molar-refractivity contribution < 1.29 is 4.79 Å². The number of amides is 1. The van der Waals surface area contributed by atoms with Crippen molar-refractivity contribution in [1.29, 1.82) is 0 Å². The van der Waals surface area contributed by atoms with Gasteiger partial charge in [0.15, 0.2) is 0 Å². The van der Waals surface area contributed by atoms with Crippen molar-refractivity contribution in [2.45, 2.75) is 20.8 Å². The summed E-state index contributed by atoms with van der Waals surface area (Å²) in [5.41, 5.74) is 3.38. The normalized spacial score (nSPS) is 10.8. The van der Waals surface area contributed by atoms with E-state index in [0.717, 1.165) is 41.1 Å². The molecule has 3 rings (SSSR count). The first-order valence-electron chi connectivity index (χ1n) is 8.75. The Labute approximate surface area is 158 Å². The number of halogens is 1. The highest BCUT2D eigenvalue weighted by Gasteiger charge is 2.10. The number of aryl methyl sites for hydroxylation is 1. The van der Waals surface area contributed by atoms with Crippen molar-refractivity contribution in [2.24, 2.45) is 0 Å². The number of rotatable bonds is 5. The average molecular weight is 368 g/mol. The molecule has 0 saturated heterocycles. The van der Waals surface area contributed by atoms with Crippen molar-refractivity contribution in [3.8, 4) is 0 Å². The Bertz CT molecular complexity index is 934. The molecule has 0 unspecified atom stereocenters. The number of hydrogen-bond acceptors (Lipinski definition) is 3. The summed E-state index contributed by atoms with van der Waals surface area (Å²) in [6, 6.07) is 14.7. The molecule has 1 aromatic heterocycles. The third-order valence-electron chi connectivity index (χ3n) is 4.45. The number of carbonyl (C=O) groups excluding carboxylic acids is 1. The molecule has 1 N–H and O–H groups in total. The van der Waals surface area contributed by atoms with Gasteiger partial charge in [-0.1, -0.05) is 11.6 Å². The standard InChI is InChI=1S/C21H22ClN3O/c1-4-25(5-2)20-12-14(3)18-13-17(10-11-19(18)24-20)23-21(26)15-6-8-16(22)9-7-15/h6-13H,4-5H2,1-3H3,(H,23,26). The minimum atomic E-state index is -0.161. The Kier molecular flexibility index (Phi) is 5.43. The lowest BCUT2D eigenvalue weighted by molar-refractivity contribution is 0.102. The lowest BCUT2D eigenvalue weighted by Gasteiger charge is -2.21. The summed E-state index contributed by atoms with van der Waals surface area (Å²) in [5, 5.41) is 4.58. The van der Waals surface area contributed by atoms with Gasteiger partial charge in [0, 0.05) is 34.7 Å². The number of benzene rings is 2. The first-order chi connectivity index (χ1) is 12.5. The third-order valence-corrected chi connectivity index (χ3v) is 4.71. The van der Waals surface area contributed by atoms with Crippen molar-refractivity contribution in [3.05, 3.63) is 64.7 Å². The molecule has 5 heteroatoms. The Hall–Kier alpha value is -2.59. The number of hydrogen-bond donors (Lipinski definition) is 1. The van der Waals surface area contributed by atoms with E-state index in [-0.39, 0.29) is 5.91 Å². The number of anilines is 2. The molecule has 2 aromatic carbocycles. The molecular formula is C21H22ClN3O. The van der Waals surface area contributed by atoms with Gasteiger partial charge in [0.05, 0.1) is 5.52 Å². The van der Waals surface area contributed by atoms with Gasteiger partial charge in [-0.25, -0.2) is 4.98 Å². The number of fused-ring (bicyclic) bond motifs is 1. The fraction of sp³-hybridized carbons (Fsp3) is 0.238. The maximum absolute atomic E-state index is 12.4. The Morgan fingerprint density at radius 1 is 1.08 bits per heavy atom. The fourth-order valence-corrected chi connectivity index (χ4v) is 3.09. The molecule has 1 heterocycles. The first kappa shape index (κ1) is 18.2. The summed E-state index contributed by atoms with van der Waals surface area (Å²) in [7, 11) is 0. The topological polar surface area (TPSA) is 45.2 Å². The molecule has 0 aliphatic heterocycles. The van der Waals surface area contributed by atoms with E-state index in [1.807, 2.05) is 18.2 Å². The van der Waals surface area contributed by atoms with Crippen LogP contribution in [0.1, 0.15) is 29.8 Å². The highest BCUT2D eigenvalue weighted by atomic mass is 35.5. The zero-order valence-corrected chi connectivity index (χ0v) is 16.0. The van der Waals surface area contributed by atoms with E-state index < -0.39 is 0 Å². The molecule has 4 nitrogen and oxygen atoms in total. The van der Waals surface area contributed by atoms with Crippen LogP contribution < -0.4 is 10.2 Å². The largest absolute Gasteiger partial charge is 0.357 e. The van der Waals surface area contributed by atoms with Gasteiger partial charge in [-0.3, -0.25) is 4.79 Å². The predicted molar refractivity (Wildman–Crippen MR) is 109 cm³/mol. The molecule has 0 aliphatic rings. The van der Waals surface area contributed by atoms with Crippen molar-refractivity contribution >= 4 is 39.9 Å². The molecule has 0 bridgehead atoms. The lowest BCUT2D eigenvalue weighted by atomic mass is 10.1. The smallest absolute Gasteiger partial charge is 0.255 e. The second-order valence-electron chi connectivity index (χ2n) is 6.16. The van der Waals surface area contributed by atoms with Crippen LogP contribution in [0, 0.1) is 6.92 Å². The summed E-state index contributed by atoms with van der Waals surface area (Å²) in [5.74, 6) is 0.823. The quantitative estimate of drug-likeness (QED) is 0.666. The van der Waals surface area contributed by atoms with Crippen LogP contribution in [0.2, 0.25) is 5.02 Å². The molecule has 0 spiro atoms. The Morgan fingerprint density at radius 3 is 2.42 bits per heavy atom. The summed E-state index contributed by atoms with van der Waals surface area (Å²) in [4.78, 5) is 19.4. The third kappa shape index (κ3) is 3.81. The number of pyridine rings is 1. The van der Waals surface area contributed by atoms with Crippen LogP contribution in [0.4, 0.5) is 11.5 Å². The van der Waals surface area contributed by atoms with E-state index in [1.165, 1.54) is 0 Å². The minimum absolute atomic E-state index is 0.161. The zero-order chi connectivity index (χ0) is 18.7. The van der Waals surface area contributed by atoms with E-state index >= 15 is 0 Å². The number of nitrogens with zero attached hydrogens (tertiary/aromatic N) is 2.